The van der Waals surface area contributed by atoms with Crippen LogP contribution in [0.5, 0.6) is 0 Å². The number of fused-ring (bicyclic) bond motifs is 13. The van der Waals surface area contributed by atoms with Crippen LogP contribution in [0, 0.1) is 19.8 Å². The number of aryl methyl sites for hydroxylation is 2. The topological polar surface area (TPSA) is 0 Å². The van der Waals surface area contributed by atoms with E-state index >= 15 is 0 Å². The molecule has 1 fully saturated rings. The molecule has 0 radical (unpaired) electrons. The van der Waals surface area contributed by atoms with E-state index in [4.69, 9.17) is 0 Å². The first-order chi connectivity index (χ1) is 28.6. The molecule has 0 aliphatic heterocycles. The summed E-state index contributed by atoms with van der Waals surface area (Å²) >= 11 is 1.97. The normalized spacial score (nSPS) is 17.9. The number of hydrogen-bond donors (Lipinski definition) is 0. The second kappa shape index (κ2) is 10.9. The fourth-order valence-electron chi connectivity index (χ4n) is 11.8. The Bertz CT molecular complexity index is 3820. The lowest BCUT2D eigenvalue weighted by atomic mass is 9.78. The summed E-state index contributed by atoms with van der Waals surface area (Å²) in [6.45, 7) is 4.47. The summed E-state index contributed by atoms with van der Waals surface area (Å²) in [4.78, 5) is 0. The molecule has 0 bridgehead atoms. The molecule has 12 aromatic rings. The lowest BCUT2D eigenvalue weighted by Gasteiger charge is -2.24. The van der Waals surface area contributed by atoms with Gasteiger partial charge in [-0.25, -0.2) is 0 Å². The number of hydrogen-bond acceptors (Lipinski definition) is 1. The fraction of sp³-hybridized carbons (Fsp3) is 0.0877. The van der Waals surface area contributed by atoms with Gasteiger partial charge in [-0.2, -0.15) is 0 Å². The summed E-state index contributed by atoms with van der Waals surface area (Å²) in [6, 6.07) is 53.6. The van der Waals surface area contributed by atoms with Gasteiger partial charge in [0.2, 0.25) is 0 Å². The smallest absolute Gasteiger partial charge is 0.0434 e. The van der Waals surface area contributed by atoms with Crippen molar-refractivity contribution in [2.45, 2.75) is 25.7 Å². The second-order valence-corrected chi connectivity index (χ2v) is 18.2. The van der Waals surface area contributed by atoms with Crippen LogP contribution in [0.2, 0.25) is 0 Å². The molecule has 1 aromatic heterocycles. The molecule has 1 heterocycles. The highest BCUT2D eigenvalue weighted by molar-refractivity contribution is 7.26. The lowest BCUT2D eigenvalue weighted by Crippen LogP contribution is -2.10. The van der Waals surface area contributed by atoms with E-state index in [1.165, 1.54) is 135 Å². The van der Waals surface area contributed by atoms with Crippen LogP contribution in [0.25, 0.3) is 118 Å². The van der Waals surface area contributed by atoms with Crippen LogP contribution < -0.4 is 0 Å². The van der Waals surface area contributed by atoms with Gasteiger partial charge in [0.1, 0.15) is 0 Å². The van der Waals surface area contributed by atoms with Crippen molar-refractivity contribution in [3.05, 3.63) is 181 Å². The molecule has 0 amide bonds. The van der Waals surface area contributed by atoms with Gasteiger partial charge in [0.15, 0.2) is 0 Å². The van der Waals surface area contributed by atoms with E-state index in [1.807, 2.05) is 11.3 Å². The van der Waals surface area contributed by atoms with Crippen molar-refractivity contribution in [1.29, 1.82) is 0 Å². The van der Waals surface area contributed by atoms with Crippen molar-refractivity contribution < 1.29 is 0 Å². The van der Waals surface area contributed by atoms with Gasteiger partial charge in [-0.15, -0.1) is 11.3 Å². The van der Waals surface area contributed by atoms with E-state index in [0.717, 1.165) is 6.42 Å². The van der Waals surface area contributed by atoms with Gasteiger partial charge < -0.3 is 0 Å². The highest BCUT2D eigenvalue weighted by atomic mass is 32.1. The number of allylic oxidation sites excluding steroid dienone is 4. The lowest BCUT2D eigenvalue weighted by molar-refractivity contribution is 0.835. The van der Waals surface area contributed by atoms with Crippen LogP contribution in [0.1, 0.15) is 23.1 Å². The number of rotatable bonds is 3. The summed E-state index contributed by atoms with van der Waals surface area (Å²) in [6.07, 6.45) is 10.8. The molecular formula is C57H36S. The molecule has 270 valence electrons. The van der Waals surface area contributed by atoms with Crippen molar-refractivity contribution in [2.24, 2.45) is 5.92 Å². The second-order valence-electron chi connectivity index (χ2n) is 17.2. The van der Waals surface area contributed by atoms with E-state index in [0.29, 0.717) is 5.92 Å². The third-order valence-electron chi connectivity index (χ3n) is 14.3. The van der Waals surface area contributed by atoms with E-state index in [9.17, 15) is 0 Å². The minimum atomic E-state index is -0.0456. The van der Waals surface area contributed by atoms with Crippen LogP contribution in [0.4, 0.5) is 0 Å². The molecule has 14 rings (SSSR count). The van der Waals surface area contributed by atoms with Gasteiger partial charge in [-0.1, -0.05) is 146 Å². The van der Waals surface area contributed by atoms with Crippen molar-refractivity contribution in [3.63, 3.8) is 0 Å². The van der Waals surface area contributed by atoms with Crippen molar-refractivity contribution in [3.8, 4) is 22.3 Å². The summed E-state index contributed by atoms with van der Waals surface area (Å²) in [5.74, 6) is 0.494. The number of benzene rings is 9. The highest BCUT2D eigenvalue weighted by Gasteiger charge is 2.54. The van der Waals surface area contributed by atoms with Gasteiger partial charge >= 0.3 is 0 Å². The predicted octanol–water partition coefficient (Wildman–Crippen LogP) is 16.3. The van der Waals surface area contributed by atoms with Gasteiger partial charge in [0.25, 0.3) is 0 Å². The van der Waals surface area contributed by atoms with E-state index in [1.54, 1.807) is 0 Å². The Kier molecular flexibility index (Phi) is 5.92. The van der Waals surface area contributed by atoms with Gasteiger partial charge in [-0.3, -0.25) is 0 Å². The van der Waals surface area contributed by atoms with Crippen molar-refractivity contribution >= 4 is 107 Å². The third-order valence-corrected chi connectivity index (χ3v) is 15.5. The number of thiophene rings is 1. The van der Waals surface area contributed by atoms with E-state index in [-0.39, 0.29) is 5.41 Å². The maximum absolute atomic E-state index is 2.59. The Morgan fingerprint density at radius 3 is 1.93 bits per heavy atom. The van der Waals surface area contributed by atoms with E-state index < -0.39 is 0 Å². The highest BCUT2D eigenvalue weighted by Crippen LogP contribution is 2.64. The average molecular weight is 753 g/mol. The molecular weight excluding hydrogens is 717 g/mol. The first-order valence-corrected chi connectivity index (χ1v) is 21.5. The van der Waals surface area contributed by atoms with Crippen LogP contribution in [-0.2, 0) is 5.41 Å². The Labute approximate surface area is 339 Å². The first kappa shape index (κ1) is 31.5. The van der Waals surface area contributed by atoms with Gasteiger partial charge in [0, 0.05) is 31.0 Å². The minimum absolute atomic E-state index is 0.0456. The molecule has 0 nitrogen and oxygen atoms in total. The molecule has 0 N–H and O–H groups in total. The summed E-state index contributed by atoms with van der Waals surface area (Å²) in [5.41, 5.74) is 9.43. The standard InChI is InChI=1S/C57H36S/c1-31-13-10-14-32(2)48(31)34-24-25-38-44-29-46-51-41(22-12-23-42(51)56(44)58-47(38)27-34)54-53(46)49(33-15-4-3-5-16-33)45-28-43-37-19-7-6-18-36(37)39-20-11-21-40(50(39)43)52(45)55(54)57-26-9-8-17-35(57)30-57/h3-29,35H,30H2,1-2H3. The zero-order valence-electron chi connectivity index (χ0n) is 32.3. The van der Waals surface area contributed by atoms with Gasteiger partial charge in [-0.05, 0) is 153 Å². The van der Waals surface area contributed by atoms with E-state index in [2.05, 4.69) is 178 Å². The molecule has 11 aromatic carbocycles. The van der Waals surface area contributed by atoms with Crippen molar-refractivity contribution in [2.75, 3.05) is 0 Å². The van der Waals surface area contributed by atoms with Crippen LogP contribution in [-0.4, -0.2) is 0 Å². The maximum atomic E-state index is 2.59. The molecule has 2 atom stereocenters. The maximum Gasteiger partial charge on any atom is 0.0434 e. The predicted molar refractivity (Wildman–Crippen MR) is 253 cm³/mol. The van der Waals surface area contributed by atoms with Crippen LogP contribution in [0.3, 0.4) is 0 Å². The molecule has 1 heteroatoms. The molecule has 2 aliphatic rings. The molecule has 0 saturated heterocycles. The average Bonchev–Trinajstić information content (AvgIpc) is 3.60. The van der Waals surface area contributed by atoms with Gasteiger partial charge in [0.05, 0.1) is 0 Å². The molecule has 2 aliphatic carbocycles. The van der Waals surface area contributed by atoms with Crippen LogP contribution in [0.15, 0.2) is 164 Å². The quantitative estimate of drug-likeness (QED) is 0.158. The zero-order valence-corrected chi connectivity index (χ0v) is 33.1. The molecule has 0 spiro atoms. The summed E-state index contributed by atoms with van der Waals surface area (Å²) in [5, 5.41) is 22.1. The Morgan fingerprint density at radius 1 is 0.448 bits per heavy atom. The zero-order chi connectivity index (χ0) is 38.0. The molecule has 2 unspecified atom stereocenters. The van der Waals surface area contributed by atoms with Crippen LogP contribution >= 0.6 is 11.3 Å². The van der Waals surface area contributed by atoms with Crippen molar-refractivity contribution in [1.82, 2.24) is 0 Å². The Morgan fingerprint density at radius 2 is 1.12 bits per heavy atom. The Balaban J connectivity index is 1.22. The minimum Gasteiger partial charge on any atom is -0.135 e. The summed E-state index contributed by atoms with van der Waals surface area (Å²) < 4.78 is 2.74. The SMILES string of the molecule is Cc1cccc(C)c1-c1ccc2c(c1)sc1c2cc2c3c(-c4ccccc4)c4cc5c6ccccc6c6cccc(c4c(C47C=CC=CC4C7)c3c3cccc1c23)c65. The fourth-order valence-corrected chi connectivity index (χ4v) is 13.1. The largest absolute Gasteiger partial charge is 0.135 e. The molecule has 58 heavy (non-hydrogen) atoms. The first-order valence-electron chi connectivity index (χ1n) is 20.7. The molecule has 1 saturated carbocycles. The monoisotopic (exact) mass is 752 g/mol. The summed E-state index contributed by atoms with van der Waals surface area (Å²) in [7, 11) is 0. The Hall–Kier alpha value is -6.54. The third kappa shape index (κ3) is 3.82.